The fraction of sp³-hybridized carbons (Fsp3) is 0.0732. The first-order chi connectivity index (χ1) is 23.0. The van der Waals surface area contributed by atoms with Crippen LogP contribution in [0.5, 0.6) is 23.0 Å². The second-order valence-corrected chi connectivity index (χ2v) is 12.3. The van der Waals surface area contributed by atoms with Gasteiger partial charge in [0, 0.05) is 28.3 Å². The highest BCUT2D eigenvalue weighted by molar-refractivity contribution is 5.88. The number of hydrogen-bond acceptors (Lipinski definition) is 6. The fourth-order valence-corrected chi connectivity index (χ4v) is 6.74. The van der Waals surface area contributed by atoms with Gasteiger partial charge in [-0.2, -0.15) is 0 Å². The monoisotopic (exact) mass is 608 g/mol. The van der Waals surface area contributed by atoms with Crippen LogP contribution in [0.1, 0.15) is 25.0 Å². The van der Waals surface area contributed by atoms with E-state index in [-0.39, 0.29) is 5.41 Å². The van der Waals surface area contributed by atoms with Gasteiger partial charge in [0.05, 0.1) is 0 Å². The first-order valence-corrected chi connectivity index (χ1v) is 15.6. The summed E-state index contributed by atoms with van der Waals surface area (Å²) in [5, 5.41) is 0. The molecule has 224 valence electrons. The van der Waals surface area contributed by atoms with E-state index < -0.39 is 0 Å². The molecule has 0 amide bonds. The predicted molar refractivity (Wildman–Crippen MR) is 184 cm³/mol. The zero-order chi connectivity index (χ0) is 31.5. The van der Waals surface area contributed by atoms with Crippen molar-refractivity contribution in [3.8, 4) is 79.5 Å². The van der Waals surface area contributed by atoms with Crippen molar-refractivity contribution in [2.75, 3.05) is 0 Å². The number of fused-ring (bicyclic) bond motifs is 6. The second-order valence-electron chi connectivity index (χ2n) is 12.3. The summed E-state index contributed by atoms with van der Waals surface area (Å²) in [5.41, 5.74) is 9.10. The third-order valence-corrected chi connectivity index (χ3v) is 9.08. The lowest BCUT2D eigenvalue weighted by Gasteiger charge is -2.25. The van der Waals surface area contributed by atoms with Crippen LogP contribution in [-0.4, -0.2) is 19.9 Å². The Morgan fingerprint density at radius 1 is 0.489 bits per heavy atom. The van der Waals surface area contributed by atoms with Gasteiger partial charge < -0.3 is 9.47 Å². The topological polar surface area (TPSA) is 70.0 Å². The highest BCUT2D eigenvalue weighted by Crippen LogP contribution is 2.58. The lowest BCUT2D eigenvalue weighted by atomic mass is 9.82. The van der Waals surface area contributed by atoms with E-state index in [1.807, 2.05) is 84.9 Å². The maximum absolute atomic E-state index is 6.64. The minimum atomic E-state index is -0.121. The molecule has 6 heteroatoms. The standard InChI is InChI=1S/C41H28N4O2/c1-41(2)30-17-9-8-16-29(30)36-31(41)20-22-34-37(36)47-33-21-19-26(24-35(33)46-34)27-14-6-7-15-28(27)39-43-38(25-12-4-3-5-13-25)44-40(45-39)32-18-10-11-23-42-32/h3-24H,1-2H3. The Balaban J connectivity index is 1.13. The smallest absolute Gasteiger partial charge is 0.182 e. The summed E-state index contributed by atoms with van der Waals surface area (Å²) < 4.78 is 13.2. The second kappa shape index (κ2) is 10.5. The SMILES string of the molecule is CC1(C)c2ccccc2-c2c1ccc1c2Oc2ccc(-c3ccccc3-c3nc(-c4ccccc4)nc(-c4ccccn4)n3)cc2O1. The summed E-state index contributed by atoms with van der Waals surface area (Å²) in [7, 11) is 0. The van der Waals surface area contributed by atoms with Gasteiger partial charge >= 0.3 is 0 Å². The minimum Gasteiger partial charge on any atom is -0.449 e. The Morgan fingerprint density at radius 3 is 2.02 bits per heavy atom. The van der Waals surface area contributed by atoms with E-state index in [9.17, 15) is 0 Å². The van der Waals surface area contributed by atoms with Gasteiger partial charge in [0.2, 0.25) is 0 Å². The number of benzene rings is 5. The molecule has 1 aliphatic carbocycles. The van der Waals surface area contributed by atoms with Crippen LogP contribution in [0.15, 0.2) is 134 Å². The van der Waals surface area contributed by atoms with Gasteiger partial charge in [-0.25, -0.2) is 15.0 Å². The predicted octanol–water partition coefficient (Wildman–Crippen LogP) is 10.1. The summed E-state index contributed by atoms with van der Waals surface area (Å²) >= 11 is 0. The zero-order valence-corrected chi connectivity index (χ0v) is 25.8. The quantitative estimate of drug-likeness (QED) is 0.198. The van der Waals surface area contributed by atoms with Crippen molar-refractivity contribution in [3.05, 3.63) is 145 Å². The van der Waals surface area contributed by atoms with Crippen molar-refractivity contribution in [2.45, 2.75) is 19.3 Å². The molecule has 47 heavy (non-hydrogen) atoms. The largest absolute Gasteiger partial charge is 0.449 e. The number of nitrogens with zero attached hydrogens (tertiary/aromatic N) is 4. The van der Waals surface area contributed by atoms with Gasteiger partial charge in [0.15, 0.2) is 40.5 Å². The highest BCUT2D eigenvalue weighted by Gasteiger charge is 2.39. The van der Waals surface area contributed by atoms with Crippen molar-refractivity contribution in [3.63, 3.8) is 0 Å². The Morgan fingerprint density at radius 2 is 1.19 bits per heavy atom. The van der Waals surface area contributed by atoms with Crippen LogP contribution in [0, 0.1) is 0 Å². The van der Waals surface area contributed by atoms with Crippen LogP contribution < -0.4 is 9.47 Å². The molecular weight excluding hydrogens is 580 g/mol. The zero-order valence-electron chi connectivity index (χ0n) is 25.8. The van der Waals surface area contributed by atoms with Crippen LogP contribution in [0.4, 0.5) is 0 Å². The lowest BCUT2D eigenvalue weighted by molar-refractivity contribution is 0.360. The minimum absolute atomic E-state index is 0.121. The maximum atomic E-state index is 6.64. The van der Waals surface area contributed by atoms with Gasteiger partial charge in [0.1, 0.15) is 5.69 Å². The number of aromatic nitrogens is 4. The summed E-state index contributed by atoms with van der Waals surface area (Å²) in [6.07, 6.45) is 1.75. The number of ether oxygens (including phenoxy) is 2. The first-order valence-electron chi connectivity index (χ1n) is 15.6. The molecule has 7 aromatic rings. The molecule has 9 rings (SSSR count). The van der Waals surface area contributed by atoms with Crippen LogP contribution in [0.2, 0.25) is 0 Å². The third kappa shape index (κ3) is 4.41. The molecule has 0 saturated heterocycles. The van der Waals surface area contributed by atoms with Crippen LogP contribution in [-0.2, 0) is 5.41 Å². The molecule has 0 unspecified atom stereocenters. The highest BCUT2D eigenvalue weighted by atomic mass is 16.6. The average Bonchev–Trinajstić information content (AvgIpc) is 3.37. The lowest BCUT2D eigenvalue weighted by Crippen LogP contribution is -2.15. The fourth-order valence-electron chi connectivity index (χ4n) is 6.74. The summed E-state index contributed by atoms with van der Waals surface area (Å²) in [6, 6.07) is 42.6. The normalized spacial score (nSPS) is 13.4. The molecule has 5 aromatic carbocycles. The number of hydrogen-bond donors (Lipinski definition) is 0. The number of rotatable bonds is 4. The van der Waals surface area contributed by atoms with Gasteiger partial charge in [-0.1, -0.05) is 111 Å². The van der Waals surface area contributed by atoms with Gasteiger partial charge in [-0.3, -0.25) is 4.98 Å². The Hall–Kier alpha value is -6.14. The van der Waals surface area contributed by atoms with E-state index in [0.717, 1.165) is 33.6 Å². The van der Waals surface area contributed by atoms with Crippen molar-refractivity contribution >= 4 is 0 Å². The van der Waals surface area contributed by atoms with E-state index >= 15 is 0 Å². The Bertz CT molecular complexity index is 2280. The van der Waals surface area contributed by atoms with E-state index in [1.54, 1.807) is 6.20 Å². The third-order valence-electron chi connectivity index (χ3n) is 9.08. The van der Waals surface area contributed by atoms with Crippen LogP contribution in [0.25, 0.3) is 56.5 Å². The van der Waals surface area contributed by atoms with Crippen LogP contribution >= 0.6 is 0 Å². The molecule has 1 aliphatic heterocycles. The Labute approximate surface area is 272 Å². The maximum Gasteiger partial charge on any atom is 0.182 e. The molecule has 3 heterocycles. The molecule has 2 aromatic heterocycles. The Kier molecular flexibility index (Phi) is 6.05. The molecule has 0 saturated carbocycles. The van der Waals surface area contributed by atoms with Crippen molar-refractivity contribution in [1.29, 1.82) is 0 Å². The molecular formula is C41H28N4O2. The van der Waals surface area contributed by atoms with E-state index in [4.69, 9.17) is 24.4 Å². The summed E-state index contributed by atoms with van der Waals surface area (Å²) in [4.78, 5) is 19.2. The average molecular weight is 609 g/mol. The molecule has 0 atom stereocenters. The summed E-state index contributed by atoms with van der Waals surface area (Å²) in [5.74, 6) is 4.47. The van der Waals surface area contributed by atoms with E-state index in [1.165, 1.54) is 16.7 Å². The molecule has 0 bridgehead atoms. The molecule has 0 N–H and O–H groups in total. The number of pyridine rings is 1. The van der Waals surface area contributed by atoms with Gasteiger partial charge in [-0.05, 0) is 58.1 Å². The summed E-state index contributed by atoms with van der Waals surface area (Å²) in [6.45, 7) is 4.53. The molecule has 2 aliphatic rings. The van der Waals surface area contributed by atoms with E-state index in [0.29, 0.717) is 40.4 Å². The van der Waals surface area contributed by atoms with Gasteiger partial charge in [0.25, 0.3) is 0 Å². The van der Waals surface area contributed by atoms with Crippen LogP contribution in [0.3, 0.4) is 0 Å². The molecule has 6 nitrogen and oxygen atoms in total. The molecule has 0 fully saturated rings. The molecule has 0 spiro atoms. The van der Waals surface area contributed by atoms with E-state index in [2.05, 4.69) is 61.3 Å². The van der Waals surface area contributed by atoms with Crippen molar-refractivity contribution < 1.29 is 9.47 Å². The molecule has 0 radical (unpaired) electrons. The van der Waals surface area contributed by atoms with Crippen molar-refractivity contribution in [2.24, 2.45) is 0 Å². The first kappa shape index (κ1) is 27.2. The van der Waals surface area contributed by atoms with Gasteiger partial charge in [-0.15, -0.1) is 0 Å². The van der Waals surface area contributed by atoms with Crippen molar-refractivity contribution in [1.82, 2.24) is 19.9 Å².